The molecule has 0 aliphatic carbocycles. The standard InChI is InChI=1S/C36H38FN3O4/c1-35(2,3)44-34(41)36(21-22-38(26-36)23-27-13-7-4-8-14-27)30-19-20-31(40(42)43)33(32(30)37)39(24-28-15-9-5-10-16-28)25-29-17-11-6-12-18-29/h4-20H,21-26H2,1-3H3. The zero-order valence-corrected chi connectivity index (χ0v) is 25.4. The highest BCUT2D eigenvalue weighted by atomic mass is 19.1. The van der Waals surface area contributed by atoms with Crippen molar-refractivity contribution >= 4 is 17.3 Å². The monoisotopic (exact) mass is 595 g/mol. The van der Waals surface area contributed by atoms with Gasteiger partial charge in [0.05, 0.1) is 4.92 Å². The molecule has 0 saturated carbocycles. The van der Waals surface area contributed by atoms with E-state index in [1.807, 2.05) is 91.0 Å². The summed E-state index contributed by atoms with van der Waals surface area (Å²) in [4.78, 5) is 29.7. The Morgan fingerprint density at radius 2 is 1.41 bits per heavy atom. The molecule has 4 aromatic carbocycles. The molecule has 0 spiro atoms. The topological polar surface area (TPSA) is 75.9 Å². The molecule has 0 radical (unpaired) electrons. The third kappa shape index (κ3) is 6.97. The maximum atomic E-state index is 17.2. The molecule has 44 heavy (non-hydrogen) atoms. The SMILES string of the molecule is CC(C)(C)OC(=O)C1(c2ccc([N+](=O)[O-])c(N(Cc3ccccc3)Cc3ccccc3)c2F)CCN(Cc2ccccc2)C1. The number of carbonyl (C=O) groups is 1. The third-order valence-corrected chi connectivity index (χ3v) is 7.94. The fourth-order valence-electron chi connectivity index (χ4n) is 5.93. The predicted octanol–water partition coefficient (Wildman–Crippen LogP) is 7.43. The summed E-state index contributed by atoms with van der Waals surface area (Å²) in [7, 11) is 0. The lowest BCUT2D eigenvalue weighted by molar-refractivity contribution is -0.384. The van der Waals surface area contributed by atoms with E-state index in [0.29, 0.717) is 19.5 Å². The van der Waals surface area contributed by atoms with Crippen LogP contribution in [0.25, 0.3) is 0 Å². The Kier molecular flexibility index (Phi) is 9.11. The van der Waals surface area contributed by atoms with Gasteiger partial charge in [-0.1, -0.05) is 91.0 Å². The van der Waals surface area contributed by atoms with Crippen molar-refractivity contribution < 1.29 is 18.8 Å². The van der Waals surface area contributed by atoms with Gasteiger partial charge in [0.25, 0.3) is 5.69 Å². The maximum Gasteiger partial charge on any atom is 0.318 e. The molecular formula is C36H38FN3O4. The first-order valence-corrected chi connectivity index (χ1v) is 14.9. The number of nitro groups is 1. The van der Waals surface area contributed by atoms with Crippen LogP contribution in [0.2, 0.25) is 0 Å². The molecule has 228 valence electrons. The van der Waals surface area contributed by atoms with Crippen molar-refractivity contribution in [2.45, 2.75) is 57.8 Å². The molecule has 5 rings (SSSR count). The van der Waals surface area contributed by atoms with Crippen LogP contribution in [0.5, 0.6) is 0 Å². The number of rotatable bonds is 10. The number of nitrogens with zero attached hydrogens (tertiary/aromatic N) is 3. The number of ether oxygens (including phenoxy) is 1. The van der Waals surface area contributed by atoms with Crippen LogP contribution in [0.3, 0.4) is 0 Å². The van der Waals surface area contributed by atoms with Crippen molar-refractivity contribution in [2.75, 3.05) is 18.0 Å². The van der Waals surface area contributed by atoms with Gasteiger partial charge in [0.2, 0.25) is 0 Å². The van der Waals surface area contributed by atoms with E-state index in [-0.39, 0.29) is 36.6 Å². The van der Waals surface area contributed by atoms with Crippen LogP contribution in [0, 0.1) is 15.9 Å². The van der Waals surface area contributed by atoms with E-state index >= 15 is 4.39 Å². The van der Waals surface area contributed by atoms with E-state index in [2.05, 4.69) is 4.90 Å². The highest BCUT2D eigenvalue weighted by Gasteiger charge is 2.51. The first-order valence-electron chi connectivity index (χ1n) is 14.9. The minimum atomic E-state index is -1.35. The summed E-state index contributed by atoms with van der Waals surface area (Å²) < 4.78 is 23.1. The maximum absolute atomic E-state index is 17.2. The molecule has 1 atom stereocenters. The number of esters is 1. The molecule has 0 amide bonds. The first-order chi connectivity index (χ1) is 21.1. The van der Waals surface area contributed by atoms with Crippen LogP contribution in [0.4, 0.5) is 15.8 Å². The van der Waals surface area contributed by atoms with E-state index in [1.165, 1.54) is 12.1 Å². The lowest BCUT2D eigenvalue weighted by atomic mass is 9.78. The van der Waals surface area contributed by atoms with Gasteiger partial charge in [-0.15, -0.1) is 0 Å². The van der Waals surface area contributed by atoms with E-state index in [1.54, 1.807) is 25.7 Å². The number of benzene rings is 4. The average Bonchev–Trinajstić information content (AvgIpc) is 3.42. The summed E-state index contributed by atoms with van der Waals surface area (Å²) in [6.45, 7) is 7.17. The van der Waals surface area contributed by atoms with Crippen LogP contribution in [-0.2, 0) is 34.6 Å². The van der Waals surface area contributed by atoms with Crippen LogP contribution < -0.4 is 4.90 Å². The van der Waals surface area contributed by atoms with Gasteiger partial charge in [-0.3, -0.25) is 19.8 Å². The summed E-state index contributed by atoms with van der Waals surface area (Å²) in [5.41, 5.74) is 0.313. The van der Waals surface area contributed by atoms with Gasteiger partial charge in [0.15, 0.2) is 11.5 Å². The van der Waals surface area contributed by atoms with Crippen LogP contribution in [0.15, 0.2) is 103 Å². The summed E-state index contributed by atoms with van der Waals surface area (Å²) >= 11 is 0. The molecule has 1 aliphatic rings. The van der Waals surface area contributed by atoms with Crippen LogP contribution >= 0.6 is 0 Å². The summed E-state index contributed by atoms with van der Waals surface area (Å²) in [6.07, 6.45) is 0.320. The highest BCUT2D eigenvalue weighted by molar-refractivity contribution is 5.86. The quantitative estimate of drug-likeness (QED) is 0.108. The average molecular weight is 596 g/mol. The van der Waals surface area contributed by atoms with Crippen molar-refractivity contribution in [1.29, 1.82) is 0 Å². The van der Waals surface area contributed by atoms with Gasteiger partial charge in [-0.05, 0) is 49.9 Å². The zero-order chi connectivity index (χ0) is 31.3. The van der Waals surface area contributed by atoms with Gasteiger partial charge in [0, 0.05) is 44.4 Å². The van der Waals surface area contributed by atoms with E-state index in [9.17, 15) is 14.9 Å². The molecule has 7 nitrogen and oxygen atoms in total. The second-order valence-corrected chi connectivity index (χ2v) is 12.4. The Labute approximate surface area is 258 Å². The number of carbonyl (C=O) groups excluding carboxylic acids is 1. The van der Waals surface area contributed by atoms with Gasteiger partial charge in [-0.2, -0.15) is 0 Å². The fourth-order valence-corrected chi connectivity index (χ4v) is 5.93. The Morgan fingerprint density at radius 3 is 1.91 bits per heavy atom. The van der Waals surface area contributed by atoms with Crippen LogP contribution in [-0.4, -0.2) is 34.5 Å². The Bertz CT molecular complexity index is 1550. The second kappa shape index (κ2) is 13.0. The molecule has 1 heterocycles. The molecule has 1 aliphatic heterocycles. The van der Waals surface area contributed by atoms with Gasteiger partial charge in [0.1, 0.15) is 11.0 Å². The lowest BCUT2D eigenvalue weighted by Crippen LogP contribution is -2.44. The molecule has 4 aromatic rings. The van der Waals surface area contributed by atoms with Crippen molar-refractivity contribution in [1.82, 2.24) is 4.90 Å². The van der Waals surface area contributed by atoms with E-state index in [0.717, 1.165) is 16.7 Å². The molecular weight excluding hydrogens is 557 g/mol. The smallest absolute Gasteiger partial charge is 0.318 e. The van der Waals surface area contributed by atoms with Crippen molar-refractivity contribution in [3.05, 3.63) is 141 Å². The number of halogens is 1. The lowest BCUT2D eigenvalue weighted by Gasteiger charge is -2.33. The van der Waals surface area contributed by atoms with Crippen LogP contribution in [0.1, 0.15) is 49.4 Å². The minimum absolute atomic E-state index is 0.119. The second-order valence-electron chi connectivity index (χ2n) is 12.4. The zero-order valence-electron chi connectivity index (χ0n) is 25.4. The summed E-state index contributed by atoms with van der Waals surface area (Å²) in [6, 6.07) is 31.6. The normalized spacial score (nSPS) is 16.9. The Balaban J connectivity index is 1.63. The summed E-state index contributed by atoms with van der Waals surface area (Å²) in [5, 5.41) is 12.4. The van der Waals surface area contributed by atoms with Gasteiger partial charge < -0.3 is 9.64 Å². The Hall–Kier alpha value is -4.56. The Morgan fingerprint density at radius 1 is 0.886 bits per heavy atom. The minimum Gasteiger partial charge on any atom is -0.459 e. The van der Waals surface area contributed by atoms with Crippen molar-refractivity contribution in [3.8, 4) is 0 Å². The molecule has 1 saturated heterocycles. The molecule has 1 unspecified atom stereocenters. The largest absolute Gasteiger partial charge is 0.459 e. The third-order valence-electron chi connectivity index (χ3n) is 7.94. The fraction of sp³-hybridized carbons (Fsp3) is 0.306. The van der Waals surface area contributed by atoms with Gasteiger partial charge >= 0.3 is 5.97 Å². The van der Waals surface area contributed by atoms with E-state index in [4.69, 9.17) is 4.74 Å². The van der Waals surface area contributed by atoms with Gasteiger partial charge in [-0.25, -0.2) is 4.39 Å². The first kappa shape index (κ1) is 30.9. The number of hydrogen-bond acceptors (Lipinski definition) is 6. The number of nitro benzene ring substituents is 1. The predicted molar refractivity (Wildman–Crippen MR) is 170 cm³/mol. The number of hydrogen-bond donors (Lipinski definition) is 0. The summed E-state index contributed by atoms with van der Waals surface area (Å²) in [5.74, 6) is -1.30. The molecule has 0 N–H and O–H groups in total. The molecule has 1 fully saturated rings. The molecule has 0 aromatic heterocycles. The molecule has 0 bridgehead atoms. The van der Waals surface area contributed by atoms with E-state index < -0.39 is 27.7 Å². The number of likely N-dealkylation sites (tertiary alicyclic amines) is 1. The highest BCUT2D eigenvalue weighted by Crippen LogP contribution is 2.44. The van der Waals surface area contributed by atoms with Crippen molar-refractivity contribution in [3.63, 3.8) is 0 Å². The number of anilines is 1. The molecule has 8 heteroatoms. The van der Waals surface area contributed by atoms with Crippen molar-refractivity contribution in [2.24, 2.45) is 0 Å².